The van der Waals surface area contributed by atoms with Crippen molar-refractivity contribution >= 4 is 17.3 Å². The zero-order chi connectivity index (χ0) is 17.8. The van der Waals surface area contributed by atoms with Crippen molar-refractivity contribution in [3.8, 4) is 0 Å². The van der Waals surface area contributed by atoms with Crippen molar-refractivity contribution in [2.75, 3.05) is 36.4 Å². The Labute approximate surface area is 150 Å². The maximum Gasteiger partial charge on any atom is 0.238 e. The van der Waals surface area contributed by atoms with Crippen molar-refractivity contribution in [1.29, 1.82) is 0 Å². The molecule has 0 aromatic heterocycles. The van der Waals surface area contributed by atoms with Crippen LogP contribution in [-0.2, 0) is 4.79 Å². The molecule has 3 rings (SSSR count). The summed E-state index contributed by atoms with van der Waals surface area (Å²) in [6.07, 6.45) is 0. The summed E-state index contributed by atoms with van der Waals surface area (Å²) in [6.45, 7) is 9.56. The molecule has 1 heterocycles. The van der Waals surface area contributed by atoms with Crippen molar-refractivity contribution in [1.82, 2.24) is 4.90 Å². The Bertz CT molecular complexity index is 726. The van der Waals surface area contributed by atoms with Gasteiger partial charge < -0.3 is 10.2 Å². The van der Waals surface area contributed by atoms with Crippen molar-refractivity contribution in [3.05, 3.63) is 59.7 Å². The molecule has 1 atom stereocenters. The van der Waals surface area contributed by atoms with Gasteiger partial charge in [-0.1, -0.05) is 29.8 Å². The van der Waals surface area contributed by atoms with Gasteiger partial charge in [0, 0.05) is 37.1 Å². The topological polar surface area (TPSA) is 35.6 Å². The van der Waals surface area contributed by atoms with Gasteiger partial charge in [0.1, 0.15) is 0 Å². The highest BCUT2D eigenvalue weighted by Crippen LogP contribution is 2.21. The third kappa shape index (κ3) is 4.60. The molecular weight excluding hydrogens is 310 g/mol. The fourth-order valence-electron chi connectivity index (χ4n) is 3.42. The SMILES string of the molecule is Cc1ccc(N2CCN(CC(=O)Nc3cccc(C)c3)C[C@H]2C)cc1. The lowest BCUT2D eigenvalue weighted by molar-refractivity contribution is -0.117. The average Bonchev–Trinajstić information content (AvgIpc) is 2.56. The van der Waals surface area contributed by atoms with E-state index in [1.54, 1.807) is 0 Å². The maximum atomic E-state index is 12.3. The van der Waals surface area contributed by atoms with E-state index in [4.69, 9.17) is 0 Å². The van der Waals surface area contributed by atoms with Crippen LogP contribution in [0.3, 0.4) is 0 Å². The molecule has 0 saturated carbocycles. The highest BCUT2D eigenvalue weighted by molar-refractivity contribution is 5.92. The molecule has 2 aromatic rings. The van der Waals surface area contributed by atoms with Gasteiger partial charge in [-0.25, -0.2) is 0 Å². The number of aryl methyl sites for hydroxylation is 2. The molecule has 4 heteroatoms. The molecule has 0 spiro atoms. The van der Waals surface area contributed by atoms with E-state index < -0.39 is 0 Å². The van der Waals surface area contributed by atoms with Gasteiger partial charge in [0.15, 0.2) is 0 Å². The summed E-state index contributed by atoms with van der Waals surface area (Å²) in [6, 6.07) is 17.0. The molecular formula is C21H27N3O. The first-order chi connectivity index (χ1) is 12.0. The van der Waals surface area contributed by atoms with E-state index in [1.165, 1.54) is 11.3 Å². The van der Waals surface area contributed by atoms with Gasteiger partial charge in [-0.3, -0.25) is 9.69 Å². The van der Waals surface area contributed by atoms with Crippen LogP contribution in [0.15, 0.2) is 48.5 Å². The number of benzene rings is 2. The van der Waals surface area contributed by atoms with Gasteiger partial charge in [0.05, 0.1) is 6.54 Å². The van der Waals surface area contributed by atoms with Crippen LogP contribution < -0.4 is 10.2 Å². The molecule has 0 bridgehead atoms. The first-order valence-corrected chi connectivity index (χ1v) is 8.93. The van der Waals surface area contributed by atoms with Gasteiger partial charge in [-0.15, -0.1) is 0 Å². The molecule has 1 amide bonds. The Kier molecular flexibility index (Phi) is 5.39. The fraction of sp³-hybridized carbons (Fsp3) is 0.381. The number of carbonyl (C=O) groups excluding carboxylic acids is 1. The Morgan fingerprint density at radius 2 is 1.84 bits per heavy atom. The van der Waals surface area contributed by atoms with Gasteiger partial charge >= 0.3 is 0 Å². The van der Waals surface area contributed by atoms with E-state index in [0.29, 0.717) is 12.6 Å². The fourth-order valence-corrected chi connectivity index (χ4v) is 3.42. The molecule has 1 fully saturated rings. The van der Waals surface area contributed by atoms with Crippen LogP contribution in [-0.4, -0.2) is 43.0 Å². The molecule has 2 aromatic carbocycles. The smallest absolute Gasteiger partial charge is 0.238 e. The molecule has 132 valence electrons. The lowest BCUT2D eigenvalue weighted by atomic mass is 10.1. The predicted octanol–water partition coefficient (Wildman–Crippen LogP) is 3.45. The summed E-state index contributed by atoms with van der Waals surface area (Å²) >= 11 is 0. The Balaban J connectivity index is 1.54. The molecule has 25 heavy (non-hydrogen) atoms. The summed E-state index contributed by atoms with van der Waals surface area (Å²) in [5.41, 5.74) is 4.57. The molecule has 1 N–H and O–H groups in total. The minimum absolute atomic E-state index is 0.0570. The first kappa shape index (κ1) is 17.5. The molecule has 0 radical (unpaired) electrons. The third-order valence-corrected chi connectivity index (χ3v) is 4.75. The number of hydrogen-bond acceptors (Lipinski definition) is 3. The maximum absolute atomic E-state index is 12.3. The third-order valence-electron chi connectivity index (χ3n) is 4.75. The van der Waals surface area contributed by atoms with E-state index in [9.17, 15) is 4.79 Å². The minimum atomic E-state index is 0.0570. The van der Waals surface area contributed by atoms with E-state index in [0.717, 1.165) is 30.9 Å². The van der Waals surface area contributed by atoms with Gasteiger partial charge in [-0.2, -0.15) is 0 Å². The Hall–Kier alpha value is -2.33. The number of amides is 1. The molecule has 0 aliphatic carbocycles. The standard InChI is InChI=1S/C21H27N3O/c1-16-7-9-20(10-8-16)24-12-11-23(14-18(24)3)15-21(25)22-19-6-4-5-17(2)13-19/h4-10,13,18H,11-12,14-15H2,1-3H3,(H,22,25)/t18-/m1/s1. The number of nitrogens with zero attached hydrogens (tertiary/aromatic N) is 2. The van der Waals surface area contributed by atoms with Crippen molar-refractivity contribution < 1.29 is 4.79 Å². The normalized spacial score (nSPS) is 18.2. The number of anilines is 2. The van der Waals surface area contributed by atoms with Crippen molar-refractivity contribution in [2.24, 2.45) is 0 Å². The van der Waals surface area contributed by atoms with Crippen LogP contribution in [0.2, 0.25) is 0 Å². The number of piperazine rings is 1. The largest absolute Gasteiger partial charge is 0.366 e. The van der Waals surface area contributed by atoms with E-state index in [-0.39, 0.29) is 5.91 Å². The predicted molar refractivity (Wildman–Crippen MR) is 104 cm³/mol. The van der Waals surface area contributed by atoms with E-state index >= 15 is 0 Å². The van der Waals surface area contributed by atoms with Crippen LogP contribution >= 0.6 is 0 Å². The van der Waals surface area contributed by atoms with Gasteiger partial charge in [0.25, 0.3) is 0 Å². The number of rotatable bonds is 4. The Morgan fingerprint density at radius 3 is 2.52 bits per heavy atom. The summed E-state index contributed by atoms with van der Waals surface area (Å²) < 4.78 is 0. The monoisotopic (exact) mass is 337 g/mol. The lowest BCUT2D eigenvalue weighted by Gasteiger charge is -2.41. The van der Waals surface area contributed by atoms with Crippen molar-refractivity contribution in [3.63, 3.8) is 0 Å². The quantitative estimate of drug-likeness (QED) is 0.928. The van der Waals surface area contributed by atoms with Crippen LogP contribution in [0.4, 0.5) is 11.4 Å². The summed E-state index contributed by atoms with van der Waals surface area (Å²) in [7, 11) is 0. The second-order valence-electron chi connectivity index (χ2n) is 7.03. The molecule has 1 saturated heterocycles. The first-order valence-electron chi connectivity index (χ1n) is 8.93. The molecule has 0 unspecified atom stereocenters. The number of nitrogens with one attached hydrogen (secondary N) is 1. The van der Waals surface area contributed by atoms with Gasteiger partial charge in [0.2, 0.25) is 5.91 Å². The summed E-state index contributed by atoms with van der Waals surface area (Å²) in [5.74, 6) is 0.0570. The minimum Gasteiger partial charge on any atom is -0.366 e. The number of carbonyl (C=O) groups is 1. The zero-order valence-corrected chi connectivity index (χ0v) is 15.3. The highest BCUT2D eigenvalue weighted by Gasteiger charge is 2.25. The van der Waals surface area contributed by atoms with Crippen LogP contribution in [0.25, 0.3) is 0 Å². The van der Waals surface area contributed by atoms with Crippen molar-refractivity contribution in [2.45, 2.75) is 26.8 Å². The average molecular weight is 337 g/mol. The number of hydrogen-bond donors (Lipinski definition) is 1. The van der Waals surface area contributed by atoms with Crippen LogP contribution in [0, 0.1) is 13.8 Å². The molecule has 1 aliphatic heterocycles. The molecule has 1 aliphatic rings. The van der Waals surface area contributed by atoms with Crippen LogP contribution in [0.5, 0.6) is 0 Å². The Morgan fingerprint density at radius 1 is 1.08 bits per heavy atom. The van der Waals surface area contributed by atoms with Crippen LogP contribution in [0.1, 0.15) is 18.1 Å². The van der Waals surface area contributed by atoms with E-state index in [2.05, 4.69) is 53.2 Å². The lowest BCUT2D eigenvalue weighted by Crippen LogP contribution is -2.53. The highest BCUT2D eigenvalue weighted by atomic mass is 16.2. The second-order valence-corrected chi connectivity index (χ2v) is 7.03. The zero-order valence-electron chi connectivity index (χ0n) is 15.3. The molecule has 4 nitrogen and oxygen atoms in total. The summed E-state index contributed by atoms with van der Waals surface area (Å²) in [5, 5.41) is 3.00. The van der Waals surface area contributed by atoms with E-state index in [1.807, 2.05) is 31.2 Å². The van der Waals surface area contributed by atoms with Gasteiger partial charge in [-0.05, 0) is 50.6 Å². The second kappa shape index (κ2) is 7.70. The summed E-state index contributed by atoms with van der Waals surface area (Å²) in [4.78, 5) is 17.0.